The first kappa shape index (κ1) is 14.5. The minimum atomic E-state index is -1.05. The van der Waals surface area contributed by atoms with Gasteiger partial charge in [-0.3, -0.25) is 4.79 Å². The summed E-state index contributed by atoms with van der Waals surface area (Å²) >= 11 is 0. The number of ether oxygens (including phenoxy) is 1. The van der Waals surface area contributed by atoms with Crippen LogP contribution in [0.5, 0.6) is 0 Å². The smallest absolute Gasteiger partial charge is 0.335 e. The molecule has 0 aromatic heterocycles. The maximum atomic E-state index is 12.2. The Morgan fingerprint density at radius 3 is 2.40 bits per heavy atom. The van der Waals surface area contributed by atoms with E-state index in [1.807, 2.05) is 51.1 Å². The van der Waals surface area contributed by atoms with Crippen molar-refractivity contribution in [3.8, 4) is 0 Å². The van der Waals surface area contributed by atoms with Gasteiger partial charge in [-0.2, -0.15) is 0 Å². The lowest BCUT2D eigenvalue weighted by Crippen LogP contribution is -2.58. The largest absolute Gasteiger partial charge is 0.479 e. The molecule has 0 aliphatic carbocycles. The average molecular weight is 277 g/mol. The van der Waals surface area contributed by atoms with Crippen molar-refractivity contribution >= 4 is 11.9 Å². The number of carbonyl (C=O) groups is 2. The van der Waals surface area contributed by atoms with Gasteiger partial charge in [0.1, 0.15) is 6.61 Å². The molecule has 0 spiro atoms. The Kier molecular flexibility index (Phi) is 3.81. The predicted molar refractivity (Wildman–Crippen MR) is 73.2 cm³/mol. The molecule has 1 aliphatic heterocycles. The highest BCUT2D eigenvalue weighted by molar-refractivity contribution is 5.83. The number of benzene rings is 1. The molecule has 0 radical (unpaired) electrons. The number of aliphatic carboxylic acids is 1. The van der Waals surface area contributed by atoms with E-state index < -0.39 is 23.7 Å². The zero-order valence-electron chi connectivity index (χ0n) is 11.9. The molecular formula is C15H19NO4. The highest BCUT2D eigenvalue weighted by Gasteiger charge is 2.45. The summed E-state index contributed by atoms with van der Waals surface area (Å²) < 4.78 is 5.25. The van der Waals surface area contributed by atoms with Crippen LogP contribution >= 0.6 is 0 Å². The van der Waals surface area contributed by atoms with Crippen LogP contribution in [0.3, 0.4) is 0 Å². The molecule has 1 amide bonds. The zero-order valence-corrected chi connectivity index (χ0v) is 11.9. The van der Waals surface area contributed by atoms with Crippen molar-refractivity contribution < 1.29 is 19.4 Å². The first-order valence-electron chi connectivity index (χ1n) is 6.54. The fourth-order valence-corrected chi connectivity index (χ4v) is 2.58. The molecule has 1 aromatic carbocycles. The summed E-state index contributed by atoms with van der Waals surface area (Å²) in [4.78, 5) is 25.3. The lowest BCUT2D eigenvalue weighted by molar-refractivity contribution is -0.179. The number of hydrogen-bond acceptors (Lipinski definition) is 3. The van der Waals surface area contributed by atoms with Crippen molar-refractivity contribution in [2.24, 2.45) is 0 Å². The van der Waals surface area contributed by atoms with Crippen LogP contribution < -0.4 is 0 Å². The van der Waals surface area contributed by atoms with Gasteiger partial charge < -0.3 is 14.7 Å². The van der Waals surface area contributed by atoms with Gasteiger partial charge in [-0.1, -0.05) is 30.3 Å². The normalized spacial score (nSPS) is 23.8. The Bertz CT molecular complexity index is 506. The maximum Gasteiger partial charge on any atom is 0.335 e. The van der Waals surface area contributed by atoms with Gasteiger partial charge in [-0.05, 0) is 26.3 Å². The number of carbonyl (C=O) groups excluding carboxylic acids is 1. The van der Waals surface area contributed by atoms with Gasteiger partial charge >= 0.3 is 5.97 Å². The van der Waals surface area contributed by atoms with Gasteiger partial charge in [0.15, 0.2) is 6.10 Å². The number of hydrogen-bond donors (Lipinski definition) is 1. The first-order valence-corrected chi connectivity index (χ1v) is 6.54. The molecule has 2 rings (SSSR count). The molecule has 2 unspecified atom stereocenters. The van der Waals surface area contributed by atoms with E-state index in [0.29, 0.717) is 0 Å². The quantitative estimate of drug-likeness (QED) is 0.895. The van der Waals surface area contributed by atoms with Crippen LogP contribution in [-0.2, 0) is 14.3 Å². The van der Waals surface area contributed by atoms with Crippen molar-refractivity contribution in [2.75, 3.05) is 6.61 Å². The number of rotatable bonds is 2. The molecule has 5 nitrogen and oxygen atoms in total. The zero-order chi connectivity index (χ0) is 14.9. The van der Waals surface area contributed by atoms with E-state index in [-0.39, 0.29) is 12.5 Å². The van der Waals surface area contributed by atoms with E-state index in [1.165, 1.54) is 0 Å². The molecule has 20 heavy (non-hydrogen) atoms. The molecule has 1 fully saturated rings. The van der Waals surface area contributed by atoms with Gasteiger partial charge in [-0.15, -0.1) is 0 Å². The van der Waals surface area contributed by atoms with Crippen LogP contribution in [0.2, 0.25) is 0 Å². The second-order valence-corrected chi connectivity index (χ2v) is 5.86. The summed E-state index contributed by atoms with van der Waals surface area (Å²) in [7, 11) is 0. The Morgan fingerprint density at radius 2 is 1.90 bits per heavy atom. The number of carboxylic acids is 1. The number of carboxylic acid groups (broad SMARTS) is 1. The summed E-state index contributed by atoms with van der Waals surface area (Å²) in [6.45, 7) is 5.48. The van der Waals surface area contributed by atoms with Crippen LogP contribution in [0.25, 0.3) is 0 Å². The van der Waals surface area contributed by atoms with E-state index in [2.05, 4.69) is 0 Å². The summed E-state index contributed by atoms with van der Waals surface area (Å²) in [6.07, 6.45) is -1.05. The standard InChI is InChI=1S/C15H19NO4/c1-15(2,3)16-11(17)9-20-13(14(18)19)12(16)10-7-5-4-6-8-10/h4-8,12-13H,9H2,1-3H3,(H,18,19). The molecule has 108 valence electrons. The number of nitrogens with zero attached hydrogens (tertiary/aromatic N) is 1. The highest BCUT2D eigenvalue weighted by Crippen LogP contribution is 2.35. The topological polar surface area (TPSA) is 66.8 Å². The van der Waals surface area contributed by atoms with E-state index in [9.17, 15) is 14.7 Å². The Hall–Kier alpha value is -1.88. The summed E-state index contributed by atoms with van der Waals surface area (Å²) in [5.74, 6) is -1.25. The molecule has 0 bridgehead atoms. The maximum absolute atomic E-state index is 12.2. The van der Waals surface area contributed by atoms with Crippen molar-refractivity contribution in [2.45, 2.75) is 38.5 Å². The van der Waals surface area contributed by atoms with Crippen LogP contribution in [0.4, 0.5) is 0 Å². The van der Waals surface area contributed by atoms with Gasteiger partial charge in [0, 0.05) is 5.54 Å². The average Bonchev–Trinajstić information content (AvgIpc) is 2.37. The fraction of sp³-hybridized carbons (Fsp3) is 0.467. The molecule has 5 heteroatoms. The Morgan fingerprint density at radius 1 is 1.30 bits per heavy atom. The third-order valence-electron chi connectivity index (χ3n) is 3.33. The third kappa shape index (κ3) is 2.67. The van der Waals surface area contributed by atoms with E-state index in [1.54, 1.807) is 4.90 Å². The molecule has 1 aliphatic rings. The van der Waals surface area contributed by atoms with E-state index >= 15 is 0 Å². The molecule has 1 saturated heterocycles. The fourth-order valence-electron chi connectivity index (χ4n) is 2.58. The van der Waals surface area contributed by atoms with E-state index in [0.717, 1.165) is 5.56 Å². The minimum Gasteiger partial charge on any atom is -0.479 e. The SMILES string of the molecule is CC(C)(C)N1C(=O)COC(C(=O)O)C1c1ccccc1. The Balaban J connectivity index is 2.50. The van der Waals surface area contributed by atoms with Crippen LogP contribution in [0, 0.1) is 0 Å². The number of amides is 1. The molecule has 1 aromatic rings. The second-order valence-electron chi connectivity index (χ2n) is 5.86. The van der Waals surface area contributed by atoms with Gasteiger partial charge in [0.05, 0.1) is 6.04 Å². The molecule has 1 heterocycles. The molecular weight excluding hydrogens is 258 g/mol. The summed E-state index contributed by atoms with van der Waals surface area (Å²) in [6, 6.07) is 8.53. The lowest BCUT2D eigenvalue weighted by Gasteiger charge is -2.46. The second kappa shape index (κ2) is 5.25. The summed E-state index contributed by atoms with van der Waals surface area (Å²) in [5, 5.41) is 9.38. The summed E-state index contributed by atoms with van der Waals surface area (Å²) in [5.41, 5.74) is 0.289. The first-order chi connectivity index (χ1) is 9.32. The van der Waals surface area contributed by atoms with Crippen LogP contribution in [0.1, 0.15) is 32.4 Å². The van der Waals surface area contributed by atoms with Crippen molar-refractivity contribution in [3.63, 3.8) is 0 Å². The van der Waals surface area contributed by atoms with Crippen molar-refractivity contribution in [3.05, 3.63) is 35.9 Å². The van der Waals surface area contributed by atoms with Gasteiger partial charge in [0.25, 0.3) is 0 Å². The van der Waals surface area contributed by atoms with Gasteiger partial charge in [-0.25, -0.2) is 4.79 Å². The predicted octanol–water partition coefficient (Wildman–Crippen LogP) is 1.84. The van der Waals surface area contributed by atoms with Crippen LogP contribution in [-0.4, -0.2) is 40.1 Å². The highest BCUT2D eigenvalue weighted by atomic mass is 16.5. The molecule has 2 atom stereocenters. The van der Waals surface area contributed by atoms with Crippen LogP contribution in [0.15, 0.2) is 30.3 Å². The Labute approximate surface area is 118 Å². The van der Waals surface area contributed by atoms with Crippen molar-refractivity contribution in [1.29, 1.82) is 0 Å². The molecule has 1 N–H and O–H groups in total. The third-order valence-corrected chi connectivity index (χ3v) is 3.33. The molecule has 0 saturated carbocycles. The minimum absolute atomic E-state index is 0.191. The monoisotopic (exact) mass is 277 g/mol. The number of morpholine rings is 1. The van der Waals surface area contributed by atoms with Gasteiger partial charge in [0.2, 0.25) is 5.91 Å². The van der Waals surface area contributed by atoms with Crippen molar-refractivity contribution in [1.82, 2.24) is 4.90 Å². The lowest BCUT2D eigenvalue weighted by atomic mass is 9.92. The van der Waals surface area contributed by atoms with E-state index in [4.69, 9.17) is 4.74 Å².